The van der Waals surface area contributed by atoms with Crippen molar-refractivity contribution in [2.24, 2.45) is 0 Å². The van der Waals surface area contributed by atoms with Crippen LogP contribution in [0.5, 0.6) is 0 Å². The van der Waals surface area contributed by atoms with Crippen LogP contribution < -0.4 is 10.9 Å². The van der Waals surface area contributed by atoms with Crippen LogP contribution in [0.2, 0.25) is 0 Å². The van der Waals surface area contributed by atoms with Crippen LogP contribution in [0.3, 0.4) is 0 Å². The van der Waals surface area contributed by atoms with E-state index in [2.05, 4.69) is 10.9 Å². The van der Waals surface area contributed by atoms with Crippen LogP contribution in [-0.4, -0.2) is 29.3 Å². The Morgan fingerprint density at radius 1 is 1.04 bits per heavy atom. The molecule has 0 radical (unpaired) electrons. The molecular formula is C18H17N3O6. The quantitative estimate of drug-likeness (QED) is 0.449. The summed E-state index contributed by atoms with van der Waals surface area (Å²) in [5.41, 5.74) is 5.94. The molecule has 0 heterocycles. The number of nitro groups is 1. The standard InChI is InChI=1S/C18H17N3O6/c1-12-4-2-3-5-14(12)10-17(23)27-11-16(22)19-20-18(24)13-6-8-15(9-7-13)21(25)26/h2-9H,10-11H2,1H3,(H,19,22)(H,20,24). The number of nitrogens with zero attached hydrogens (tertiary/aromatic N) is 1. The van der Waals surface area contributed by atoms with E-state index >= 15 is 0 Å². The SMILES string of the molecule is Cc1ccccc1CC(=O)OCC(=O)NNC(=O)c1ccc([N+](=O)[O-])cc1. The summed E-state index contributed by atoms with van der Waals surface area (Å²) >= 11 is 0. The van der Waals surface area contributed by atoms with Gasteiger partial charge in [0.1, 0.15) is 0 Å². The maximum atomic E-state index is 11.8. The first-order chi connectivity index (χ1) is 12.9. The van der Waals surface area contributed by atoms with E-state index in [0.717, 1.165) is 11.1 Å². The van der Waals surface area contributed by atoms with Crippen molar-refractivity contribution < 1.29 is 24.0 Å². The first-order valence-electron chi connectivity index (χ1n) is 7.90. The van der Waals surface area contributed by atoms with Crippen molar-refractivity contribution in [3.05, 3.63) is 75.3 Å². The molecule has 2 aromatic carbocycles. The number of benzene rings is 2. The molecule has 2 rings (SSSR count). The predicted octanol–water partition coefficient (Wildman–Crippen LogP) is 1.45. The number of esters is 1. The third-order valence-corrected chi connectivity index (χ3v) is 3.62. The van der Waals surface area contributed by atoms with Crippen molar-refractivity contribution in [1.29, 1.82) is 0 Å². The van der Waals surface area contributed by atoms with Gasteiger partial charge in [0.05, 0.1) is 11.3 Å². The van der Waals surface area contributed by atoms with Crippen LogP contribution in [0, 0.1) is 17.0 Å². The molecule has 0 fully saturated rings. The number of hydrazine groups is 1. The highest BCUT2D eigenvalue weighted by Gasteiger charge is 2.12. The van der Waals surface area contributed by atoms with Gasteiger partial charge in [-0.05, 0) is 30.2 Å². The van der Waals surface area contributed by atoms with Crippen molar-refractivity contribution in [3.63, 3.8) is 0 Å². The second kappa shape index (κ2) is 9.09. The van der Waals surface area contributed by atoms with Crippen LogP contribution in [0.4, 0.5) is 5.69 Å². The van der Waals surface area contributed by atoms with E-state index in [9.17, 15) is 24.5 Å². The van der Waals surface area contributed by atoms with Gasteiger partial charge in [0, 0.05) is 17.7 Å². The van der Waals surface area contributed by atoms with E-state index in [-0.39, 0.29) is 17.7 Å². The maximum absolute atomic E-state index is 11.8. The number of hydrogen-bond acceptors (Lipinski definition) is 6. The number of aryl methyl sites for hydroxylation is 1. The summed E-state index contributed by atoms with van der Waals surface area (Å²) in [5, 5.41) is 10.6. The van der Waals surface area contributed by atoms with E-state index in [4.69, 9.17) is 4.74 Å². The number of nitro benzene ring substituents is 1. The molecule has 0 aromatic heterocycles. The fourth-order valence-corrected chi connectivity index (χ4v) is 2.13. The number of ether oxygens (including phenoxy) is 1. The van der Waals surface area contributed by atoms with Gasteiger partial charge in [0.25, 0.3) is 17.5 Å². The van der Waals surface area contributed by atoms with E-state index in [1.807, 2.05) is 19.1 Å². The molecule has 2 N–H and O–H groups in total. The Morgan fingerprint density at radius 2 is 1.70 bits per heavy atom. The minimum absolute atomic E-state index is 0.0368. The fourth-order valence-electron chi connectivity index (χ4n) is 2.13. The van der Waals surface area contributed by atoms with E-state index < -0.39 is 29.3 Å². The van der Waals surface area contributed by atoms with Crippen LogP contribution in [-0.2, 0) is 20.7 Å². The summed E-state index contributed by atoms with van der Waals surface area (Å²) in [6.45, 7) is 1.31. The van der Waals surface area contributed by atoms with Gasteiger partial charge in [-0.3, -0.25) is 35.3 Å². The molecule has 0 aliphatic heterocycles. The van der Waals surface area contributed by atoms with Gasteiger partial charge >= 0.3 is 5.97 Å². The van der Waals surface area contributed by atoms with Crippen molar-refractivity contribution in [1.82, 2.24) is 10.9 Å². The highest BCUT2D eigenvalue weighted by atomic mass is 16.6. The number of nitrogens with one attached hydrogen (secondary N) is 2. The first-order valence-corrected chi connectivity index (χ1v) is 7.90. The molecule has 9 heteroatoms. The Hall–Kier alpha value is -3.75. The molecule has 27 heavy (non-hydrogen) atoms. The van der Waals surface area contributed by atoms with Crippen molar-refractivity contribution in [3.8, 4) is 0 Å². The molecule has 2 amide bonds. The molecule has 2 aromatic rings. The number of amides is 2. The molecule has 0 aliphatic carbocycles. The largest absolute Gasteiger partial charge is 0.455 e. The normalized spacial score (nSPS) is 9.96. The lowest BCUT2D eigenvalue weighted by molar-refractivity contribution is -0.384. The van der Waals surface area contributed by atoms with Gasteiger partial charge in [-0.15, -0.1) is 0 Å². The minimum Gasteiger partial charge on any atom is -0.455 e. The summed E-state index contributed by atoms with van der Waals surface area (Å²) < 4.78 is 4.87. The lowest BCUT2D eigenvalue weighted by atomic mass is 10.1. The Balaban J connectivity index is 1.75. The highest BCUT2D eigenvalue weighted by molar-refractivity contribution is 5.95. The molecular weight excluding hydrogens is 354 g/mol. The zero-order chi connectivity index (χ0) is 19.8. The average Bonchev–Trinajstić information content (AvgIpc) is 2.66. The Bertz CT molecular complexity index is 864. The summed E-state index contributed by atoms with van der Waals surface area (Å²) in [6.07, 6.45) is 0.0368. The number of rotatable bonds is 6. The zero-order valence-corrected chi connectivity index (χ0v) is 14.4. The van der Waals surface area contributed by atoms with Crippen LogP contribution in [0.25, 0.3) is 0 Å². The summed E-state index contributed by atoms with van der Waals surface area (Å²) in [6, 6.07) is 12.2. The highest BCUT2D eigenvalue weighted by Crippen LogP contribution is 2.11. The van der Waals surface area contributed by atoms with Gasteiger partial charge in [-0.1, -0.05) is 24.3 Å². The molecule has 0 atom stereocenters. The van der Waals surface area contributed by atoms with Crippen molar-refractivity contribution in [2.75, 3.05) is 6.61 Å². The lowest BCUT2D eigenvalue weighted by Gasteiger charge is -2.09. The van der Waals surface area contributed by atoms with Crippen LogP contribution >= 0.6 is 0 Å². The van der Waals surface area contributed by atoms with Gasteiger partial charge < -0.3 is 4.74 Å². The molecule has 140 valence electrons. The smallest absolute Gasteiger partial charge is 0.310 e. The van der Waals surface area contributed by atoms with Crippen molar-refractivity contribution >= 4 is 23.5 Å². The third kappa shape index (κ3) is 5.92. The zero-order valence-electron chi connectivity index (χ0n) is 14.4. The molecule has 0 saturated carbocycles. The van der Waals surface area contributed by atoms with E-state index in [1.165, 1.54) is 24.3 Å². The first kappa shape index (κ1) is 19.6. The van der Waals surface area contributed by atoms with Gasteiger partial charge in [-0.2, -0.15) is 0 Å². The monoisotopic (exact) mass is 371 g/mol. The average molecular weight is 371 g/mol. The lowest BCUT2D eigenvalue weighted by Crippen LogP contribution is -2.43. The van der Waals surface area contributed by atoms with Crippen LogP contribution in [0.1, 0.15) is 21.5 Å². The molecule has 0 spiro atoms. The maximum Gasteiger partial charge on any atom is 0.310 e. The van der Waals surface area contributed by atoms with Gasteiger partial charge in [0.2, 0.25) is 0 Å². The number of non-ortho nitro benzene ring substituents is 1. The molecule has 0 unspecified atom stereocenters. The van der Waals surface area contributed by atoms with E-state index in [0.29, 0.717) is 0 Å². The molecule has 9 nitrogen and oxygen atoms in total. The third-order valence-electron chi connectivity index (χ3n) is 3.62. The molecule has 0 aliphatic rings. The van der Waals surface area contributed by atoms with E-state index in [1.54, 1.807) is 12.1 Å². The summed E-state index contributed by atoms with van der Waals surface area (Å²) in [4.78, 5) is 45.2. The predicted molar refractivity (Wildman–Crippen MR) is 94.5 cm³/mol. The molecule has 0 saturated heterocycles. The Labute approximate surface area is 154 Å². The topological polar surface area (TPSA) is 128 Å². The Morgan fingerprint density at radius 3 is 2.33 bits per heavy atom. The van der Waals surface area contributed by atoms with Gasteiger partial charge in [0.15, 0.2) is 6.61 Å². The number of carbonyl (C=O) groups is 3. The number of carbonyl (C=O) groups excluding carboxylic acids is 3. The minimum atomic E-state index is -0.719. The summed E-state index contributed by atoms with van der Waals surface area (Å²) in [7, 11) is 0. The molecule has 0 bridgehead atoms. The second-order valence-corrected chi connectivity index (χ2v) is 5.57. The number of hydrogen-bond donors (Lipinski definition) is 2. The van der Waals surface area contributed by atoms with Gasteiger partial charge in [-0.25, -0.2) is 0 Å². The summed E-state index contributed by atoms with van der Waals surface area (Å²) in [5.74, 6) is -1.95. The fraction of sp³-hybridized carbons (Fsp3) is 0.167. The van der Waals surface area contributed by atoms with Crippen molar-refractivity contribution in [2.45, 2.75) is 13.3 Å². The van der Waals surface area contributed by atoms with Crippen LogP contribution in [0.15, 0.2) is 48.5 Å². The Kier molecular flexibility index (Phi) is 6.59. The second-order valence-electron chi connectivity index (χ2n) is 5.57.